The van der Waals surface area contributed by atoms with Crippen LogP contribution in [-0.4, -0.2) is 24.1 Å². The second-order valence-electron chi connectivity index (χ2n) is 7.13. The fourth-order valence-corrected chi connectivity index (χ4v) is 4.23. The lowest BCUT2D eigenvalue weighted by Crippen LogP contribution is -2.34. The van der Waals surface area contributed by atoms with Gasteiger partial charge in [0.05, 0.1) is 23.4 Å². The Kier molecular flexibility index (Phi) is 6.48. The van der Waals surface area contributed by atoms with E-state index in [4.69, 9.17) is 14.5 Å². The quantitative estimate of drug-likeness (QED) is 0.363. The first-order valence-corrected chi connectivity index (χ1v) is 11.0. The monoisotopic (exact) mass is 432 g/mol. The van der Waals surface area contributed by atoms with Crippen molar-refractivity contribution in [2.24, 2.45) is 0 Å². The van der Waals surface area contributed by atoms with Crippen molar-refractivity contribution < 1.29 is 14.3 Å². The molecule has 0 aliphatic carbocycles. The van der Waals surface area contributed by atoms with Crippen molar-refractivity contribution in [1.29, 1.82) is 0 Å². The van der Waals surface area contributed by atoms with E-state index in [0.717, 1.165) is 27.1 Å². The molecule has 0 unspecified atom stereocenters. The normalized spacial score (nSPS) is 10.8. The van der Waals surface area contributed by atoms with Gasteiger partial charge in [-0.05, 0) is 55.3 Å². The molecule has 158 valence electrons. The highest BCUT2D eigenvalue weighted by Crippen LogP contribution is 2.32. The summed E-state index contributed by atoms with van der Waals surface area (Å²) >= 11 is 1.48. The maximum Gasteiger partial charge on any atom is 0.267 e. The molecule has 4 rings (SSSR count). The van der Waals surface area contributed by atoms with Gasteiger partial charge in [0, 0.05) is 0 Å². The predicted molar refractivity (Wildman–Crippen MR) is 125 cm³/mol. The number of aromatic nitrogens is 1. The van der Waals surface area contributed by atoms with Crippen LogP contribution in [0.5, 0.6) is 11.5 Å². The van der Waals surface area contributed by atoms with Crippen LogP contribution in [0.3, 0.4) is 0 Å². The third-order valence-corrected chi connectivity index (χ3v) is 5.77. The van der Waals surface area contributed by atoms with Gasteiger partial charge >= 0.3 is 0 Å². The molecule has 0 spiro atoms. The van der Waals surface area contributed by atoms with Crippen molar-refractivity contribution >= 4 is 32.6 Å². The summed E-state index contributed by atoms with van der Waals surface area (Å²) in [4.78, 5) is 19.6. The summed E-state index contributed by atoms with van der Waals surface area (Å²) in [6.45, 7) is 4.92. The maximum absolute atomic E-state index is 13.2. The Labute approximate surface area is 185 Å². The van der Waals surface area contributed by atoms with Crippen LogP contribution in [0.15, 0.2) is 72.8 Å². The van der Waals surface area contributed by atoms with Gasteiger partial charge in [-0.1, -0.05) is 53.8 Å². The smallest absolute Gasteiger partial charge is 0.267 e. The second-order valence-corrected chi connectivity index (χ2v) is 8.14. The average molecular weight is 433 g/mol. The van der Waals surface area contributed by atoms with Gasteiger partial charge in [-0.25, -0.2) is 4.98 Å². The Morgan fingerprint density at radius 3 is 2.55 bits per heavy atom. The minimum atomic E-state index is -0.144. The van der Waals surface area contributed by atoms with Gasteiger partial charge in [-0.3, -0.25) is 9.69 Å². The number of anilines is 1. The van der Waals surface area contributed by atoms with E-state index < -0.39 is 0 Å². The molecule has 1 aromatic heterocycles. The van der Waals surface area contributed by atoms with E-state index in [2.05, 4.69) is 0 Å². The molecule has 0 atom stereocenters. The Morgan fingerprint density at radius 2 is 1.77 bits per heavy atom. The molecular weight excluding hydrogens is 408 g/mol. The van der Waals surface area contributed by atoms with E-state index in [-0.39, 0.29) is 12.5 Å². The van der Waals surface area contributed by atoms with Crippen molar-refractivity contribution in [1.82, 2.24) is 4.98 Å². The first-order chi connectivity index (χ1) is 15.1. The molecule has 5 nitrogen and oxygen atoms in total. The number of benzene rings is 3. The molecule has 0 saturated carbocycles. The van der Waals surface area contributed by atoms with Crippen molar-refractivity contribution in [2.75, 3.05) is 18.1 Å². The highest BCUT2D eigenvalue weighted by molar-refractivity contribution is 7.22. The molecule has 0 aliphatic heterocycles. The van der Waals surface area contributed by atoms with Crippen molar-refractivity contribution in [3.05, 3.63) is 83.9 Å². The molecular formula is C25H24N2O3S. The Balaban J connectivity index is 1.60. The largest absolute Gasteiger partial charge is 0.494 e. The molecule has 31 heavy (non-hydrogen) atoms. The minimum absolute atomic E-state index is 0.0591. The summed E-state index contributed by atoms with van der Waals surface area (Å²) in [5.41, 5.74) is 2.96. The van der Waals surface area contributed by atoms with Crippen LogP contribution in [0.4, 0.5) is 5.13 Å². The van der Waals surface area contributed by atoms with Crippen LogP contribution in [0.1, 0.15) is 18.1 Å². The fourth-order valence-electron chi connectivity index (χ4n) is 3.22. The molecule has 0 bridgehead atoms. The summed E-state index contributed by atoms with van der Waals surface area (Å²) in [5.74, 6) is 1.34. The van der Waals surface area contributed by atoms with Crippen LogP contribution in [-0.2, 0) is 11.3 Å². The summed E-state index contributed by atoms with van der Waals surface area (Å²) in [7, 11) is 0. The van der Waals surface area contributed by atoms with E-state index >= 15 is 0 Å². The zero-order valence-electron chi connectivity index (χ0n) is 17.6. The molecule has 0 N–H and O–H groups in total. The number of carbonyl (C=O) groups is 1. The Hall–Kier alpha value is -3.38. The number of hydrogen-bond acceptors (Lipinski definition) is 5. The summed E-state index contributed by atoms with van der Waals surface area (Å²) in [5, 5.41) is 0.644. The topological polar surface area (TPSA) is 51.7 Å². The lowest BCUT2D eigenvalue weighted by atomic mass is 10.2. The fraction of sp³-hybridized carbons (Fsp3) is 0.200. The van der Waals surface area contributed by atoms with E-state index in [1.165, 1.54) is 11.3 Å². The van der Waals surface area contributed by atoms with E-state index in [1.54, 1.807) is 4.90 Å². The summed E-state index contributed by atoms with van der Waals surface area (Å²) < 4.78 is 12.4. The number of hydrogen-bond donors (Lipinski definition) is 0. The third kappa shape index (κ3) is 5.22. The van der Waals surface area contributed by atoms with Crippen LogP contribution in [0, 0.1) is 6.92 Å². The predicted octanol–water partition coefficient (Wildman–Crippen LogP) is 5.62. The molecule has 0 saturated heterocycles. The van der Waals surface area contributed by atoms with Crippen LogP contribution in [0.2, 0.25) is 0 Å². The first kappa shape index (κ1) is 20.9. The minimum Gasteiger partial charge on any atom is -0.494 e. The second kappa shape index (κ2) is 9.62. The van der Waals surface area contributed by atoms with Gasteiger partial charge in [-0.2, -0.15) is 0 Å². The molecule has 6 heteroatoms. The van der Waals surface area contributed by atoms with Gasteiger partial charge in [-0.15, -0.1) is 0 Å². The van der Waals surface area contributed by atoms with Crippen molar-refractivity contribution in [2.45, 2.75) is 20.4 Å². The van der Waals surface area contributed by atoms with Crippen LogP contribution >= 0.6 is 11.3 Å². The van der Waals surface area contributed by atoms with Crippen LogP contribution < -0.4 is 14.4 Å². The lowest BCUT2D eigenvalue weighted by molar-refractivity contribution is -0.120. The molecule has 1 heterocycles. The number of rotatable bonds is 8. The van der Waals surface area contributed by atoms with Gasteiger partial charge in [0.15, 0.2) is 11.7 Å². The highest BCUT2D eigenvalue weighted by Gasteiger charge is 2.21. The van der Waals surface area contributed by atoms with Gasteiger partial charge in [0.25, 0.3) is 5.91 Å². The van der Waals surface area contributed by atoms with Crippen molar-refractivity contribution in [3.8, 4) is 11.5 Å². The average Bonchev–Trinajstić information content (AvgIpc) is 3.20. The van der Waals surface area contributed by atoms with E-state index in [9.17, 15) is 4.79 Å². The van der Waals surface area contributed by atoms with Gasteiger partial charge < -0.3 is 9.47 Å². The standard InChI is InChI=1S/C25H24N2O3S/c1-3-29-21-12-13-22-23(15-21)31-25(26-22)27(16-19-9-5-4-6-10-19)24(28)17-30-20-11-7-8-18(2)14-20/h4-15H,3,16-17H2,1-2H3. The molecule has 0 fully saturated rings. The zero-order valence-corrected chi connectivity index (χ0v) is 18.4. The first-order valence-electron chi connectivity index (χ1n) is 10.2. The molecule has 1 amide bonds. The Morgan fingerprint density at radius 1 is 0.968 bits per heavy atom. The number of aryl methyl sites for hydroxylation is 1. The molecule has 0 aliphatic rings. The number of carbonyl (C=O) groups excluding carboxylic acids is 1. The number of thiazole rings is 1. The molecule has 4 aromatic rings. The van der Waals surface area contributed by atoms with Gasteiger partial charge in [0.2, 0.25) is 0 Å². The lowest BCUT2D eigenvalue weighted by Gasteiger charge is -2.20. The van der Waals surface area contributed by atoms with Crippen LogP contribution in [0.25, 0.3) is 10.2 Å². The number of fused-ring (bicyclic) bond motifs is 1. The maximum atomic E-state index is 13.2. The summed E-state index contributed by atoms with van der Waals surface area (Å²) in [6.07, 6.45) is 0. The van der Waals surface area contributed by atoms with E-state index in [0.29, 0.717) is 24.0 Å². The zero-order chi connectivity index (χ0) is 21.6. The number of amides is 1. The number of nitrogens with zero attached hydrogens (tertiary/aromatic N) is 2. The van der Waals surface area contributed by atoms with E-state index in [1.807, 2.05) is 86.6 Å². The SMILES string of the molecule is CCOc1ccc2nc(N(Cc3ccccc3)C(=O)COc3cccc(C)c3)sc2c1. The number of ether oxygens (including phenoxy) is 2. The molecule has 0 radical (unpaired) electrons. The highest BCUT2D eigenvalue weighted by atomic mass is 32.1. The third-order valence-electron chi connectivity index (χ3n) is 4.73. The van der Waals surface area contributed by atoms with Crippen molar-refractivity contribution in [3.63, 3.8) is 0 Å². The molecule has 3 aromatic carbocycles. The Bertz CT molecular complexity index is 1170. The van der Waals surface area contributed by atoms with Gasteiger partial charge in [0.1, 0.15) is 11.5 Å². The summed E-state index contributed by atoms with van der Waals surface area (Å²) in [6, 6.07) is 23.4.